The first-order valence-electron chi connectivity index (χ1n) is 6.91. The van der Waals surface area contributed by atoms with Crippen LogP contribution in [0.1, 0.15) is 31.2 Å². The van der Waals surface area contributed by atoms with E-state index in [-0.39, 0.29) is 17.9 Å². The van der Waals surface area contributed by atoms with Crippen LogP contribution in [0.15, 0.2) is 24.3 Å². The fourth-order valence-electron chi connectivity index (χ4n) is 2.58. The Kier molecular flexibility index (Phi) is 4.61. The van der Waals surface area contributed by atoms with Crippen molar-refractivity contribution in [2.24, 2.45) is 5.92 Å². The lowest BCUT2D eigenvalue weighted by Gasteiger charge is -2.26. The third-order valence-corrected chi connectivity index (χ3v) is 3.79. The van der Waals surface area contributed by atoms with E-state index >= 15 is 0 Å². The number of carboxylic acid groups (broad SMARTS) is 1. The lowest BCUT2D eigenvalue weighted by Crippen LogP contribution is -2.39. The third-order valence-electron chi connectivity index (χ3n) is 3.79. The van der Waals surface area contributed by atoms with E-state index in [1.54, 1.807) is 12.1 Å². The molecule has 2 rings (SSSR count). The number of nitrogens with one attached hydrogen (secondary N) is 1. The molecular formula is C15H20N2O3. The van der Waals surface area contributed by atoms with Gasteiger partial charge in [-0.05, 0) is 43.4 Å². The zero-order valence-electron chi connectivity index (χ0n) is 11.3. The summed E-state index contributed by atoms with van der Waals surface area (Å²) in [7, 11) is 0. The van der Waals surface area contributed by atoms with E-state index in [1.807, 2.05) is 12.1 Å². The topological polar surface area (TPSA) is 92.4 Å². The Balaban J connectivity index is 1.78. The third kappa shape index (κ3) is 3.98. The summed E-state index contributed by atoms with van der Waals surface area (Å²) in [5.41, 5.74) is 7.20. The monoisotopic (exact) mass is 276 g/mol. The van der Waals surface area contributed by atoms with E-state index in [4.69, 9.17) is 10.8 Å². The molecule has 0 radical (unpaired) electrons. The summed E-state index contributed by atoms with van der Waals surface area (Å²) in [6.45, 7) is 0. The molecule has 1 saturated carbocycles. The molecule has 1 amide bonds. The van der Waals surface area contributed by atoms with Crippen molar-refractivity contribution in [2.45, 2.75) is 38.1 Å². The van der Waals surface area contributed by atoms with E-state index in [0.29, 0.717) is 24.9 Å². The maximum atomic E-state index is 11.9. The van der Waals surface area contributed by atoms with Gasteiger partial charge in [0.15, 0.2) is 0 Å². The molecule has 0 bridgehead atoms. The van der Waals surface area contributed by atoms with Gasteiger partial charge in [0.2, 0.25) is 5.91 Å². The number of amides is 1. The summed E-state index contributed by atoms with van der Waals surface area (Å²) in [6, 6.07) is 7.35. The highest BCUT2D eigenvalue weighted by Gasteiger charge is 2.26. The number of aliphatic carboxylic acids is 1. The molecule has 1 aromatic rings. The number of carboxylic acids is 1. The number of hydrogen-bond donors (Lipinski definition) is 3. The van der Waals surface area contributed by atoms with Crippen molar-refractivity contribution in [3.63, 3.8) is 0 Å². The van der Waals surface area contributed by atoms with E-state index in [9.17, 15) is 9.59 Å². The first-order chi connectivity index (χ1) is 9.54. The Morgan fingerprint density at radius 3 is 2.30 bits per heavy atom. The van der Waals surface area contributed by atoms with Crippen LogP contribution in [-0.2, 0) is 16.0 Å². The van der Waals surface area contributed by atoms with E-state index in [1.165, 1.54) is 0 Å². The number of anilines is 1. The Morgan fingerprint density at radius 2 is 1.75 bits per heavy atom. The SMILES string of the molecule is Nc1ccc(CC(=O)NC2CCC(C(=O)O)CC2)cc1. The molecule has 5 nitrogen and oxygen atoms in total. The molecule has 4 N–H and O–H groups in total. The highest BCUT2D eigenvalue weighted by molar-refractivity contribution is 5.79. The lowest BCUT2D eigenvalue weighted by atomic mass is 9.86. The second kappa shape index (κ2) is 6.41. The van der Waals surface area contributed by atoms with Gasteiger partial charge in [0.25, 0.3) is 0 Å². The summed E-state index contributed by atoms with van der Waals surface area (Å²) >= 11 is 0. The summed E-state index contributed by atoms with van der Waals surface area (Å²) in [4.78, 5) is 22.8. The number of nitrogen functional groups attached to an aromatic ring is 1. The van der Waals surface area contributed by atoms with Gasteiger partial charge >= 0.3 is 5.97 Å². The van der Waals surface area contributed by atoms with E-state index in [2.05, 4.69) is 5.32 Å². The average molecular weight is 276 g/mol. The molecule has 0 unspecified atom stereocenters. The predicted molar refractivity (Wildman–Crippen MR) is 76.1 cm³/mol. The number of hydrogen-bond acceptors (Lipinski definition) is 3. The molecular weight excluding hydrogens is 256 g/mol. The minimum Gasteiger partial charge on any atom is -0.481 e. The number of nitrogens with two attached hydrogens (primary N) is 1. The van der Waals surface area contributed by atoms with Crippen molar-refractivity contribution in [1.29, 1.82) is 0 Å². The molecule has 0 spiro atoms. The molecule has 0 aromatic heterocycles. The predicted octanol–water partition coefficient (Wildman–Crippen LogP) is 1.57. The molecule has 20 heavy (non-hydrogen) atoms. The zero-order valence-corrected chi connectivity index (χ0v) is 11.3. The Morgan fingerprint density at radius 1 is 1.15 bits per heavy atom. The van der Waals surface area contributed by atoms with Crippen molar-refractivity contribution in [3.8, 4) is 0 Å². The van der Waals surface area contributed by atoms with Crippen molar-refractivity contribution < 1.29 is 14.7 Å². The Bertz CT molecular complexity index is 476. The Labute approximate surface area is 118 Å². The first-order valence-corrected chi connectivity index (χ1v) is 6.91. The molecule has 1 aliphatic rings. The van der Waals surface area contributed by atoms with Gasteiger partial charge in [0.05, 0.1) is 12.3 Å². The second-order valence-electron chi connectivity index (χ2n) is 5.37. The zero-order chi connectivity index (χ0) is 14.5. The molecule has 5 heteroatoms. The smallest absolute Gasteiger partial charge is 0.306 e. The average Bonchev–Trinajstić information content (AvgIpc) is 2.42. The highest BCUT2D eigenvalue weighted by Crippen LogP contribution is 2.24. The number of carbonyl (C=O) groups is 2. The first kappa shape index (κ1) is 14.4. The van der Waals surface area contributed by atoms with Gasteiger partial charge in [-0.2, -0.15) is 0 Å². The van der Waals surface area contributed by atoms with Crippen molar-refractivity contribution >= 4 is 17.6 Å². The summed E-state index contributed by atoms with van der Waals surface area (Å²) < 4.78 is 0. The quantitative estimate of drug-likeness (QED) is 0.728. The van der Waals surface area contributed by atoms with Crippen LogP contribution in [0.25, 0.3) is 0 Å². The van der Waals surface area contributed by atoms with Crippen molar-refractivity contribution in [1.82, 2.24) is 5.32 Å². The van der Waals surface area contributed by atoms with Crippen LogP contribution < -0.4 is 11.1 Å². The van der Waals surface area contributed by atoms with Gasteiger partial charge in [-0.15, -0.1) is 0 Å². The lowest BCUT2D eigenvalue weighted by molar-refractivity contribution is -0.142. The number of carbonyl (C=O) groups excluding carboxylic acids is 1. The summed E-state index contributed by atoms with van der Waals surface area (Å²) in [5, 5.41) is 11.9. The molecule has 0 saturated heterocycles. The maximum absolute atomic E-state index is 11.9. The van der Waals surface area contributed by atoms with Crippen molar-refractivity contribution in [2.75, 3.05) is 5.73 Å². The maximum Gasteiger partial charge on any atom is 0.306 e. The van der Waals surface area contributed by atoms with Gasteiger partial charge in [-0.25, -0.2) is 0 Å². The summed E-state index contributed by atoms with van der Waals surface area (Å²) in [5.74, 6) is -0.995. The standard InChI is InChI=1S/C15H20N2O3/c16-12-5-1-10(2-6-12)9-14(18)17-13-7-3-11(4-8-13)15(19)20/h1-2,5-6,11,13H,3-4,7-9,16H2,(H,17,18)(H,19,20). The highest BCUT2D eigenvalue weighted by atomic mass is 16.4. The fraction of sp³-hybridized carbons (Fsp3) is 0.467. The minimum atomic E-state index is -0.725. The molecule has 1 fully saturated rings. The van der Waals surface area contributed by atoms with Gasteiger partial charge in [-0.1, -0.05) is 12.1 Å². The molecule has 0 atom stereocenters. The molecule has 0 aliphatic heterocycles. The largest absolute Gasteiger partial charge is 0.481 e. The van der Waals surface area contributed by atoms with Gasteiger partial charge in [0.1, 0.15) is 0 Å². The van der Waals surface area contributed by atoms with Crippen LogP contribution in [0.3, 0.4) is 0 Å². The van der Waals surface area contributed by atoms with Crippen LogP contribution in [0.4, 0.5) is 5.69 Å². The van der Waals surface area contributed by atoms with Gasteiger partial charge in [0, 0.05) is 11.7 Å². The second-order valence-corrected chi connectivity index (χ2v) is 5.37. The number of benzene rings is 1. The Hall–Kier alpha value is -2.04. The van der Waals surface area contributed by atoms with Crippen LogP contribution in [0.5, 0.6) is 0 Å². The van der Waals surface area contributed by atoms with Crippen LogP contribution in [0, 0.1) is 5.92 Å². The minimum absolute atomic E-state index is 0.0199. The van der Waals surface area contributed by atoms with Crippen molar-refractivity contribution in [3.05, 3.63) is 29.8 Å². The van der Waals surface area contributed by atoms with Crippen LogP contribution in [0.2, 0.25) is 0 Å². The van der Waals surface area contributed by atoms with Gasteiger partial charge < -0.3 is 16.2 Å². The molecule has 1 aromatic carbocycles. The normalized spacial score (nSPS) is 22.2. The van der Waals surface area contributed by atoms with E-state index in [0.717, 1.165) is 18.4 Å². The van der Waals surface area contributed by atoms with E-state index < -0.39 is 5.97 Å². The molecule has 0 heterocycles. The van der Waals surface area contributed by atoms with Crippen LogP contribution >= 0.6 is 0 Å². The number of rotatable bonds is 4. The molecule has 1 aliphatic carbocycles. The van der Waals surface area contributed by atoms with Crippen LogP contribution in [-0.4, -0.2) is 23.0 Å². The summed E-state index contributed by atoms with van der Waals surface area (Å²) in [6.07, 6.45) is 3.10. The fourth-order valence-corrected chi connectivity index (χ4v) is 2.58. The molecule has 108 valence electrons. The van der Waals surface area contributed by atoms with Gasteiger partial charge in [-0.3, -0.25) is 9.59 Å².